The molecule has 1 unspecified atom stereocenters. The topological polar surface area (TPSA) is 214 Å². The van der Waals surface area contributed by atoms with Gasteiger partial charge in [-0.1, -0.05) is 144 Å². The number of hydrogen-bond acceptors (Lipinski definition) is 18. The Morgan fingerprint density at radius 3 is 1.42 bits per heavy atom. The third-order valence-electron chi connectivity index (χ3n) is 28.4. The number of nitrogens with zero attached hydrogens (tertiary/aromatic N) is 4. The van der Waals surface area contributed by atoms with Crippen molar-refractivity contribution in [3.63, 3.8) is 0 Å². The molecule has 604 valence electrons. The van der Waals surface area contributed by atoms with Gasteiger partial charge in [-0.2, -0.15) is 0 Å². The van der Waals surface area contributed by atoms with Gasteiger partial charge in [0.15, 0.2) is 34.5 Å². The molecule has 5 aromatic rings. The van der Waals surface area contributed by atoms with E-state index in [0.717, 1.165) is 216 Å². The third kappa shape index (κ3) is 14.5. The number of likely N-dealkylation sites (tertiary alicyclic amines) is 3. The molecule has 8 N–H and O–H groups in total. The molecule has 16 atom stereocenters. The number of aliphatic hydroxyl groups is 3. The number of piperidine rings is 3. The van der Waals surface area contributed by atoms with Gasteiger partial charge in [-0.05, 0) is 202 Å². The Morgan fingerprint density at radius 2 is 0.955 bits per heavy atom. The maximum absolute atomic E-state index is 12.5. The van der Waals surface area contributed by atoms with Crippen LogP contribution in [0.5, 0.6) is 40.2 Å². The van der Waals surface area contributed by atoms with Gasteiger partial charge in [0.05, 0.1) is 52.9 Å². The van der Waals surface area contributed by atoms with E-state index in [2.05, 4.69) is 128 Å². The average molecular weight is 1520 g/mol. The minimum absolute atomic E-state index is 0.00243. The second-order valence-electron chi connectivity index (χ2n) is 34.5. The summed E-state index contributed by atoms with van der Waals surface area (Å²) in [5.74, 6) is 3.78. The molecule has 6 fully saturated rings. The van der Waals surface area contributed by atoms with Crippen LogP contribution in [0.3, 0.4) is 0 Å². The van der Waals surface area contributed by atoms with E-state index in [4.69, 9.17) is 28.4 Å². The molecule has 18 heteroatoms. The highest BCUT2D eigenvalue weighted by molar-refractivity contribution is 5.65. The second-order valence-corrected chi connectivity index (χ2v) is 34.5. The van der Waals surface area contributed by atoms with Crippen molar-refractivity contribution in [1.82, 2.24) is 30.2 Å². The fourth-order valence-electron chi connectivity index (χ4n) is 22.9. The van der Waals surface area contributed by atoms with Crippen molar-refractivity contribution >= 4 is 0 Å². The van der Waals surface area contributed by atoms with Gasteiger partial charge in [-0.15, -0.1) is 19.7 Å². The number of phenolic OH excluding ortho intramolecular Hbond substituents is 3. The van der Waals surface area contributed by atoms with Gasteiger partial charge in [0, 0.05) is 92.7 Å². The van der Waals surface area contributed by atoms with Crippen LogP contribution >= 0.6 is 0 Å². The standard InChI is InChI=1S/C46H63N3O6.C23H32N2O3.C20H25NO3.C4H10/c1-4-25-49-27-23-45-42-36-16-19-39(50)43(42)55-44(45)38(20-22-46(45,51)41(49)33-36)47-24-10-5-6-11-29-52-31-32-53-30-28-48(3)26-21-40(35-12-8-7-9-13-35)54-37-17-14-34(2)15-18-37;1-3-5-11-24-16-8-9-23(27)18-14-15-6-7-17(26)20-19(15)22(23,21(16)28-20)10-13-25(18)12-4-2;1-3-9-21-10-8-19-16-13-4-5-14(22)17(16)24-18(19)12(2)6-7-20(19,23)15(21)11-13;1-3-4-2/h4,7-9,12-19,38,40-41,44,47,50-51H,1,5-6,10-11,20-33H2,2-3H3;4,6-7,16,18,21,24,26-27H,2-3,5,8-14H2,1H3;3-5,12,15,18,22-23H,1,6-11H2,2H3;3-4H2,1-2H3/t38-,40?,41-,44+,45+,46-;16-,18-,21+,22+,23-;12-,15-,18+,19+,20-;/m111./s1. The van der Waals surface area contributed by atoms with Crippen LogP contribution in [0.25, 0.3) is 0 Å². The van der Waals surface area contributed by atoms with E-state index in [1.54, 1.807) is 18.2 Å². The molecule has 6 aliphatic heterocycles. The Morgan fingerprint density at radius 1 is 0.514 bits per heavy atom. The van der Waals surface area contributed by atoms with Crippen LogP contribution in [0.15, 0.2) is 129 Å². The zero-order valence-electron chi connectivity index (χ0n) is 67.5. The highest BCUT2D eigenvalue weighted by Gasteiger charge is 2.76. The van der Waals surface area contributed by atoms with E-state index in [9.17, 15) is 30.6 Å². The molecular weight excluding hydrogens is 1390 g/mol. The van der Waals surface area contributed by atoms with E-state index in [-0.39, 0.29) is 77.3 Å². The molecule has 3 saturated heterocycles. The summed E-state index contributed by atoms with van der Waals surface area (Å²) < 4.78 is 37.7. The molecule has 0 aromatic heterocycles. The summed E-state index contributed by atoms with van der Waals surface area (Å²) in [5.41, 5.74) is 5.60. The van der Waals surface area contributed by atoms with Gasteiger partial charge in [0.1, 0.15) is 30.2 Å². The number of phenols is 3. The highest BCUT2D eigenvalue weighted by atomic mass is 16.5. The molecule has 12 aliphatic rings. The number of rotatable bonds is 31. The molecule has 111 heavy (non-hydrogen) atoms. The minimum atomic E-state index is -0.880. The molecule has 6 bridgehead atoms. The number of aryl methyl sites for hydroxylation is 1. The first-order valence-electron chi connectivity index (χ1n) is 42.7. The Kier molecular flexibility index (Phi) is 25.2. The SMILES string of the molecule is C=CCN1CC[C@]23c4c5ccc(O)c4O[C@H]2[C@H](C)CC[C@@]3(O)[C@H]1C5.C=CCN1CC[C@]23c4c5ccc(O)c4O[C@H]2[C@H](NCCCC)CC[C@@]3(O)[C@H]1C5.C=CCN1CC[C@]23c4c5ccc(O)c4O[C@H]2[C@H](NCCCCCCOCCOCCN(C)CCC(Oc2ccc(C)cc2)c2ccccc2)CC[C@@]3(O)[C@H]1C5.CCCC. The molecule has 6 heterocycles. The van der Waals surface area contributed by atoms with Crippen molar-refractivity contribution in [2.75, 3.05) is 98.9 Å². The van der Waals surface area contributed by atoms with Gasteiger partial charge >= 0.3 is 0 Å². The predicted octanol–water partition coefficient (Wildman–Crippen LogP) is 13.4. The molecule has 6 aliphatic carbocycles. The largest absolute Gasteiger partial charge is 0.504 e. The second kappa shape index (κ2) is 34.5. The number of likely N-dealkylation sites (N-methyl/N-ethyl adjacent to an activating group) is 1. The molecule has 5 aromatic carbocycles. The number of benzene rings is 5. The summed E-state index contributed by atoms with van der Waals surface area (Å²) in [7, 11) is 2.14. The van der Waals surface area contributed by atoms with Gasteiger partial charge < -0.3 is 74.6 Å². The quantitative estimate of drug-likeness (QED) is 0.0153. The molecular formula is C93H130N6O12. The normalized spacial score (nSPS) is 31.7. The molecule has 3 spiro atoms. The molecule has 0 radical (unpaired) electrons. The van der Waals surface area contributed by atoms with Crippen LogP contribution in [0.1, 0.15) is 194 Å². The van der Waals surface area contributed by atoms with Crippen LogP contribution < -0.4 is 29.6 Å². The lowest BCUT2D eigenvalue weighted by atomic mass is 9.47. The van der Waals surface area contributed by atoms with Crippen molar-refractivity contribution in [3.05, 3.63) is 173 Å². The third-order valence-corrected chi connectivity index (χ3v) is 28.4. The summed E-state index contributed by atoms with van der Waals surface area (Å²) in [6.45, 7) is 34.2. The molecule has 17 rings (SSSR count). The predicted molar refractivity (Wildman–Crippen MR) is 438 cm³/mol. The zero-order chi connectivity index (χ0) is 77.9. The average Bonchev–Trinajstić information content (AvgIpc) is 1.57. The number of nitrogens with one attached hydrogen (secondary N) is 2. The fraction of sp³-hybridized carbons (Fsp3) is 0.613. The smallest absolute Gasteiger partial charge is 0.165 e. The lowest BCUT2D eigenvalue weighted by Gasteiger charge is -2.64. The van der Waals surface area contributed by atoms with Gasteiger partial charge in [-0.3, -0.25) is 14.7 Å². The zero-order valence-corrected chi connectivity index (χ0v) is 67.5. The van der Waals surface area contributed by atoms with E-state index < -0.39 is 27.6 Å². The van der Waals surface area contributed by atoms with Crippen LogP contribution in [0.2, 0.25) is 0 Å². The summed E-state index contributed by atoms with van der Waals surface area (Å²) in [5, 5.41) is 76.1. The van der Waals surface area contributed by atoms with Gasteiger partial charge in [0.2, 0.25) is 0 Å². The minimum Gasteiger partial charge on any atom is -0.504 e. The molecule has 0 amide bonds. The van der Waals surface area contributed by atoms with E-state index in [1.807, 2.05) is 54.6 Å². The van der Waals surface area contributed by atoms with Crippen molar-refractivity contribution in [1.29, 1.82) is 0 Å². The van der Waals surface area contributed by atoms with Gasteiger partial charge in [0.25, 0.3) is 0 Å². The number of ether oxygens (including phenoxy) is 6. The van der Waals surface area contributed by atoms with E-state index >= 15 is 0 Å². The lowest BCUT2D eigenvalue weighted by molar-refractivity contribution is -0.194. The van der Waals surface area contributed by atoms with Crippen molar-refractivity contribution in [2.45, 2.75) is 257 Å². The summed E-state index contributed by atoms with van der Waals surface area (Å²) in [4.78, 5) is 9.49. The van der Waals surface area contributed by atoms with Crippen molar-refractivity contribution in [3.8, 4) is 40.2 Å². The Hall–Kier alpha value is -6.52. The van der Waals surface area contributed by atoms with E-state index in [0.29, 0.717) is 43.0 Å². The number of unbranched alkanes of at least 4 members (excludes halogenated alkanes) is 5. The monoisotopic (exact) mass is 1520 g/mol. The maximum atomic E-state index is 12.5. The van der Waals surface area contributed by atoms with Crippen LogP contribution in [0, 0.1) is 12.8 Å². The van der Waals surface area contributed by atoms with Crippen LogP contribution in [-0.4, -0.2) is 214 Å². The highest BCUT2D eigenvalue weighted by Crippen LogP contribution is 2.69. The Balaban J connectivity index is 0.000000151. The molecule has 3 saturated carbocycles. The fourth-order valence-corrected chi connectivity index (χ4v) is 22.9. The molecule has 18 nitrogen and oxygen atoms in total. The summed E-state index contributed by atoms with van der Waals surface area (Å²) in [6.07, 6.45) is 25.7. The van der Waals surface area contributed by atoms with E-state index in [1.165, 1.54) is 40.7 Å². The first-order valence-corrected chi connectivity index (χ1v) is 42.7. The number of hydrogen-bond donors (Lipinski definition) is 8. The van der Waals surface area contributed by atoms with Gasteiger partial charge in [-0.25, -0.2) is 0 Å². The first-order chi connectivity index (χ1) is 53.8. The Bertz CT molecular complexity index is 4010. The Labute approximate surface area is 661 Å². The van der Waals surface area contributed by atoms with Crippen LogP contribution in [-0.2, 0) is 45.0 Å². The maximum Gasteiger partial charge on any atom is 0.165 e. The van der Waals surface area contributed by atoms with Crippen LogP contribution in [0.4, 0.5) is 0 Å². The number of aromatic hydroxyl groups is 3. The van der Waals surface area contributed by atoms with Crippen molar-refractivity contribution in [2.24, 2.45) is 5.92 Å². The van der Waals surface area contributed by atoms with Crippen molar-refractivity contribution < 1.29 is 59.1 Å². The lowest BCUT2D eigenvalue weighted by Crippen LogP contribution is -2.78. The summed E-state index contributed by atoms with van der Waals surface area (Å²) >= 11 is 0. The first kappa shape index (κ1) is 81.1. The summed E-state index contributed by atoms with van der Waals surface area (Å²) in [6, 6.07) is 30.7.